The summed E-state index contributed by atoms with van der Waals surface area (Å²) in [5.74, 6) is 0.952. The van der Waals surface area contributed by atoms with Gasteiger partial charge in [0, 0.05) is 18.7 Å². The van der Waals surface area contributed by atoms with Gasteiger partial charge >= 0.3 is 0 Å². The van der Waals surface area contributed by atoms with Crippen LogP contribution in [0.1, 0.15) is 38.7 Å². The number of aliphatic hydroxyl groups is 1. The lowest BCUT2D eigenvalue weighted by molar-refractivity contribution is 0.190. The fourth-order valence-corrected chi connectivity index (χ4v) is 2.57. The highest BCUT2D eigenvalue weighted by atomic mass is 16.5. The molecule has 0 fully saturated rings. The number of hydrogen-bond donors (Lipinski definition) is 2. The first-order valence-electron chi connectivity index (χ1n) is 8.24. The Morgan fingerprint density at radius 1 is 1.14 bits per heavy atom. The molecule has 2 N–H and O–H groups in total. The van der Waals surface area contributed by atoms with E-state index in [1.54, 1.807) is 6.92 Å². The average molecular weight is 301 g/mol. The Morgan fingerprint density at radius 2 is 1.95 bits per heavy atom. The summed E-state index contributed by atoms with van der Waals surface area (Å²) in [6, 6.07) is 12.5. The lowest BCUT2D eigenvalue weighted by Gasteiger charge is -2.15. The van der Waals surface area contributed by atoms with Gasteiger partial charge in [-0.3, -0.25) is 0 Å². The van der Waals surface area contributed by atoms with Gasteiger partial charge in [0.25, 0.3) is 0 Å². The van der Waals surface area contributed by atoms with Crippen molar-refractivity contribution in [2.45, 2.75) is 45.8 Å². The predicted octanol–water partition coefficient (Wildman–Crippen LogP) is 3.88. The minimum atomic E-state index is -0.344. The van der Waals surface area contributed by atoms with Gasteiger partial charge in [0.1, 0.15) is 5.75 Å². The molecule has 1 atom stereocenters. The van der Waals surface area contributed by atoms with Gasteiger partial charge in [0.05, 0.1) is 12.7 Å². The number of fused-ring (bicyclic) bond motifs is 1. The van der Waals surface area contributed by atoms with Crippen LogP contribution < -0.4 is 10.1 Å². The summed E-state index contributed by atoms with van der Waals surface area (Å²) in [4.78, 5) is 0. The lowest BCUT2D eigenvalue weighted by atomic mass is 10.0. The Balaban J connectivity index is 2.17. The topological polar surface area (TPSA) is 41.5 Å². The molecule has 3 nitrogen and oxygen atoms in total. The van der Waals surface area contributed by atoms with E-state index in [0.29, 0.717) is 13.1 Å². The molecule has 0 aliphatic carbocycles. The second-order valence-electron chi connectivity index (χ2n) is 5.80. The van der Waals surface area contributed by atoms with Crippen LogP contribution in [0.5, 0.6) is 5.75 Å². The third-order valence-corrected chi connectivity index (χ3v) is 3.74. The van der Waals surface area contributed by atoms with E-state index in [-0.39, 0.29) is 6.10 Å². The van der Waals surface area contributed by atoms with E-state index in [1.807, 2.05) is 0 Å². The molecule has 2 aromatic rings. The molecule has 22 heavy (non-hydrogen) atoms. The van der Waals surface area contributed by atoms with E-state index in [4.69, 9.17) is 4.74 Å². The zero-order chi connectivity index (χ0) is 15.8. The monoisotopic (exact) mass is 301 g/mol. The second kappa shape index (κ2) is 8.76. The fraction of sp³-hybridized carbons (Fsp3) is 0.474. The summed E-state index contributed by atoms with van der Waals surface area (Å²) in [5.41, 5.74) is 1.18. The fourth-order valence-electron chi connectivity index (χ4n) is 2.57. The number of hydrogen-bond acceptors (Lipinski definition) is 3. The van der Waals surface area contributed by atoms with Crippen LogP contribution >= 0.6 is 0 Å². The van der Waals surface area contributed by atoms with Crippen LogP contribution in [-0.4, -0.2) is 24.4 Å². The Kier molecular flexibility index (Phi) is 6.69. The molecule has 0 heterocycles. The van der Waals surface area contributed by atoms with Crippen LogP contribution in [-0.2, 0) is 6.54 Å². The van der Waals surface area contributed by atoms with E-state index >= 15 is 0 Å². The summed E-state index contributed by atoms with van der Waals surface area (Å²) < 4.78 is 6.00. The summed E-state index contributed by atoms with van der Waals surface area (Å²) in [5, 5.41) is 15.2. The zero-order valence-corrected chi connectivity index (χ0v) is 13.6. The van der Waals surface area contributed by atoms with Crippen LogP contribution in [0.15, 0.2) is 36.4 Å². The quantitative estimate of drug-likeness (QED) is 0.691. The molecule has 2 rings (SSSR count). The predicted molar refractivity (Wildman–Crippen MR) is 92.4 cm³/mol. The maximum Gasteiger partial charge on any atom is 0.124 e. The van der Waals surface area contributed by atoms with Gasteiger partial charge in [0.2, 0.25) is 0 Å². The summed E-state index contributed by atoms with van der Waals surface area (Å²) in [6.45, 7) is 6.03. The summed E-state index contributed by atoms with van der Waals surface area (Å²) in [6.07, 6.45) is 3.14. The van der Waals surface area contributed by atoms with Crippen LogP contribution in [0.3, 0.4) is 0 Å². The number of aliphatic hydroxyl groups excluding tert-OH is 1. The minimum absolute atomic E-state index is 0.344. The molecule has 3 heteroatoms. The zero-order valence-electron chi connectivity index (χ0n) is 13.6. The molecular weight excluding hydrogens is 274 g/mol. The van der Waals surface area contributed by atoms with Crippen molar-refractivity contribution >= 4 is 10.8 Å². The normalized spacial score (nSPS) is 12.5. The Morgan fingerprint density at radius 3 is 2.73 bits per heavy atom. The molecule has 0 bridgehead atoms. The van der Waals surface area contributed by atoms with Gasteiger partial charge < -0.3 is 15.2 Å². The van der Waals surface area contributed by atoms with E-state index in [1.165, 1.54) is 29.2 Å². The van der Waals surface area contributed by atoms with Crippen molar-refractivity contribution in [2.24, 2.45) is 0 Å². The maximum absolute atomic E-state index is 9.42. The standard InChI is InChI=1S/C19H27NO2/c1-3-4-7-12-22-19-11-10-16-8-5-6-9-17(16)18(19)14-20-13-15(2)21/h5-6,8-11,15,20-21H,3-4,7,12-14H2,1-2H3. The smallest absolute Gasteiger partial charge is 0.124 e. The van der Waals surface area contributed by atoms with Gasteiger partial charge in [0.15, 0.2) is 0 Å². The first kappa shape index (κ1) is 16.8. The van der Waals surface area contributed by atoms with Gasteiger partial charge in [-0.2, -0.15) is 0 Å². The molecule has 0 aliphatic rings. The van der Waals surface area contributed by atoms with Crippen molar-refractivity contribution in [3.8, 4) is 5.75 Å². The van der Waals surface area contributed by atoms with Crippen molar-refractivity contribution in [2.75, 3.05) is 13.2 Å². The molecule has 0 saturated heterocycles. The molecule has 0 aliphatic heterocycles. The highest BCUT2D eigenvalue weighted by Crippen LogP contribution is 2.28. The Bertz CT molecular complexity index is 581. The first-order valence-corrected chi connectivity index (χ1v) is 8.24. The van der Waals surface area contributed by atoms with E-state index < -0.39 is 0 Å². The molecule has 0 saturated carbocycles. The van der Waals surface area contributed by atoms with Crippen LogP contribution in [0, 0.1) is 0 Å². The maximum atomic E-state index is 9.42. The van der Waals surface area contributed by atoms with Crippen LogP contribution in [0.25, 0.3) is 10.8 Å². The largest absolute Gasteiger partial charge is 0.493 e. The lowest BCUT2D eigenvalue weighted by Crippen LogP contribution is -2.24. The third kappa shape index (κ3) is 4.72. The highest BCUT2D eigenvalue weighted by Gasteiger charge is 2.09. The molecule has 120 valence electrons. The van der Waals surface area contributed by atoms with Gasteiger partial charge in [-0.15, -0.1) is 0 Å². The third-order valence-electron chi connectivity index (χ3n) is 3.74. The Labute approximate surface area is 133 Å². The van der Waals surface area contributed by atoms with Crippen molar-refractivity contribution < 1.29 is 9.84 Å². The van der Waals surface area contributed by atoms with Crippen molar-refractivity contribution in [3.63, 3.8) is 0 Å². The molecule has 0 spiro atoms. The number of unbranched alkanes of at least 4 members (excludes halogenated alkanes) is 2. The highest BCUT2D eigenvalue weighted by molar-refractivity contribution is 5.87. The van der Waals surface area contributed by atoms with E-state index in [9.17, 15) is 5.11 Å². The minimum Gasteiger partial charge on any atom is -0.493 e. The summed E-state index contributed by atoms with van der Waals surface area (Å²) in [7, 11) is 0. The molecule has 0 amide bonds. The molecular formula is C19H27NO2. The van der Waals surface area contributed by atoms with Crippen LogP contribution in [0.4, 0.5) is 0 Å². The molecule has 0 radical (unpaired) electrons. The first-order chi connectivity index (χ1) is 10.7. The van der Waals surface area contributed by atoms with Gasteiger partial charge in [-0.25, -0.2) is 0 Å². The van der Waals surface area contributed by atoms with E-state index in [0.717, 1.165) is 18.8 Å². The number of benzene rings is 2. The van der Waals surface area contributed by atoms with Crippen molar-refractivity contribution in [1.29, 1.82) is 0 Å². The van der Waals surface area contributed by atoms with Crippen LogP contribution in [0.2, 0.25) is 0 Å². The SMILES string of the molecule is CCCCCOc1ccc2ccccc2c1CNCC(C)O. The average Bonchev–Trinajstić information content (AvgIpc) is 2.52. The number of nitrogens with one attached hydrogen (secondary N) is 1. The van der Waals surface area contributed by atoms with Crippen molar-refractivity contribution in [1.82, 2.24) is 5.32 Å². The Hall–Kier alpha value is -1.58. The van der Waals surface area contributed by atoms with Gasteiger partial charge in [-0.05, 0) is 30.2 Å². The molecule has 1 unspecified atom stereocenters. The summed E-state index contributed by atoms with van der Waals surface area (Å²) >= 11 is 0. The number of ether oxygens (including phenoxy) is 1. The van der Waals surface area contributed by atoms with E-state index in [2.05, 4.69) is 48.6 Å². The molecule has 2 aromatic carbocycles. The van der Waals surface area contributed by atoms with Gasteiger partial charge in [-0.1, -0.05) is 50.1 Å². The van der Waals surface area contributed by atoms with Crippen molar-refractivity contribution in [3.05, 3.63) is 42.0 Å². The number of rotatable bonds is 9. The second-order valence-corrected chi connectivity index (χ2v) is 5.80. The molecule has 0 aromatic heterocycles.